The molecule has 2 aromatic heterocycles. The maximum atomic E-state index is 5.12. The van der Waals surface area contributed by atoms with Gasteiger partial charge in [0.25, 0.3) is 0 Å². The number of rotatable bonds is 8. The van der Waals surface area contributed by atoms with Crippen molar-refractivity contribution in [1.29, 1.82) is 0 Å². The molecule has 10 rings (SSSR count). The molecule has 0 N–H and O–H groups in total. The van der Waals surface area contributed by atoms with Crippen molar-refractivity contribution in [1.82, 2.24) is 19.5 Å². The SMILES string of the molecule is C[Si](C)(C)c1ccc(-c2cccc(-c3cccc(-c4cccc(-c5nc(-c6ccccc6)nc(-c6ccc(-n7c8ccccc8c8ccccc87)cc6)n5)c4)c3)c2)cc1. The Morgan fingerprint density at radius 3 is 1.20 bits per heavy atom. The maximum Gasteiger partial charge on any atom is 0.164 e. The third kappa shape index (κ3) is 7.07. The summed E-state index contributed by atoms with van der Waals surface area (Å²) in [6, 6.07) is 71.2. The molecule has 8 aromatic carbocycles. The molecule has 0 spiro atoms. The van der Waals surface area contributed by atoms with Gasteiger partial charge in [0.05, 0.1) is 19.1 Å². The summed E-state index contributed by atoms with van der Waals surface area (Å²) in [6.45, 7) is 7.17. The number of para-hydroxylation sites is 2. The van der Waals surface area contributed by atoms with E-state index in [0.717, 1.165) is 33.5 Å². The molecule has 0 saturated carbocycles. The van der Waals surface area contributed by atoms with Gasteiger partial charge in [-0.2, -0.15) is 0 Å². The van der Waals surface area contributed by atoms with Gasteiger partial charge in [0.15, 0.2) is 17.5 Å². The van der Waals surface area contributed by atoms with Gasteiger partial charge in [-0.15, -0.1) is 0 Å². The van der Waals surface area contributed by atoms with Crippen LogP contribution in [0.5, 0.6) is 0 Å². The van der Waals surface area contributed by atoms with Gasteiger partial charge in [0, 0.05) is 33.2 Å². The number of hydrogen-bond acceptors (Lipinski definition) is 3. The van der Waals surface area contributed by atoms with Gasteiger partial charge in [0.2, 0.25) is 0 Å². The Kier molecular flexibility index (Phi) is 9.16. The van der Waals surface area contributed by atoms with E-state index in [0.29, 0.717) is 17.5 Å². The van der Waals surface area contributed by atoms with Crippen LogP contribution in [-0.2, 0) is 0 Å². The van der Waals surface area contributed by atoms with Gasteiger partial charge in [0.1, 0.15) is 0 Å². The minimum atomic E-state index is -1.36. The zero-order valence-electron chi connectivity index (χ0n) is 33.3. The highest BCUT2D eigenvalue weighted by molar-refractivity contribution is 6.88. The van der Waals surface area contributed by atoms with Crippen LogP contribution in [0.2, 0.25) is 19.6 Å². The fraction of sp³-hybridized carbons (Fsp3) is 0.0556. The molecule has 2 heterocycles. The predicted octanol–water partition coefficient (Wildman–Crippen LogP) is 13.5. The normalized spacial score (nSPS) is 11.6. The van der Waals surface area contributed by atoms with Crippen molar-refractivity contribution in [3.8, 4) is 73.2 Å². The van der Waals surface area contributed by atoms with Crippen molar-refractivity contribution in [3.05, 3.63) is 200 Å². The van der Waals surface area contributed by atoms with Crippen LogP contribution in [0.3, 0.4) is 0 Å². The van der Waals surface area contributed by atoms with Gasteiger partial charge in [-0.3, -0.25) is 0 Å². The number of aromatic nitrogens is 4. The summed E-state index contributed by atoms with van der Waals surface area (Å²) in [5.41, 5.74) is 13.3. The summed E-state index contributed by atoms with van der Waals surface area (Å²) in [5.74, 6) is 1.90. The fourth-order valence-corrected chi connectivity index (χ4v) is 9.23. The average Bonchev–Trinajstić information content (AvgIpc) is 3.63. The molecule has 0 unspecified atom stereocenters. The van der Waals surface area contributed by atoms with E-state index in [2.05, 4.69) is 194 Å². The van der Waals surface area contributed by atoms with E-state index in [-0.39, 0.29) is 0 Å². The first kappa shape index (κ1) is 36.1. The molecule has 0 saturated heterocycles. The largest absolute Gasteiger partial charge is 0.309 e. The smallest absolute Gasteiger partial charge is 0.164 e. The lowest BCUT2D eigenvalue weighted by molar-refractivity contribution is 1.07. The van der Waals surface area contributed by atoms with E-state index in [1.165, 1.54) is 49.2 Å². The van der Waals surface area contributed by atoms with Gasteiger partial charge < -0.3 is 4.57 Å². The van der Waals surface area contributed by atoms with Crippen molar-refractivity contribution >= 4 is 35.1 Å². The molecule has 282 valence electrons. The van der Waals surface area contributed by atoms with Crippen LogP contribution in [-0.4, -0.2) is 27.6 Å². The third-order valence-corrected chi connectivity index (χ3v) is 13.3. The predicted molar refractivity (Wildman–Crippen MR) is 250 cm³/mol. The van der Waals surface area contributed by atoms with Gasteiger partial charge in [-0.1, -0.05) is 170 Å². The number of fused-ring (bicyclic) bond motifs is 3. The highest BCUT2D eigenvalue weighted by Crippen LogP contribution is 2.34. The average molecular weight is 775 g/mol. The number of benzene rings is 8. The van der Waals surface area contributed by atoms with Crippen molar-refractivity contribution in [3.63, 3.8) is 0 Å². The first-order valence-electron chi connectivity index (χ1n) is 20.2. The molecule has 0 aliphatic rings. The molecule has 0 atom stereocenters. The molecular formula is C54H42N4Si. The molecule has 0 fully saturated rings. The lowest BCUT2D eigenvalue weighted by atomic mass is 9.95. The lowest BCUT2D eigenvalue weighted by Gasteiger charge is -2.17. The molecule has 10 aromatic rings. The lowest BCUT2D eigenvalue weighted by Crippen LogP contribution is -2.37. The Hall–Kier alpha value is -7.21. The Balaban J connectivity index is 0.999. The highest BCUT2D eigenvalue weighted by atomic mass is 28.3. The quantitative estimate of drug-likeness (QED) is 0.144. The van der Waals surface area contributed by atoms with Gasteiger partial charge in [-0.05, 0) is 88.0 Å². The van der Waals surface area contributed by atoms with E-state index < -0.39 is 8.07 Å². The van der Waals surface area contributed by atoms with Crippen LogP contribution >= 0.6 is 0 Å². The number of nitrogens with zero attached hydrogens (tertiary/aromatic N) is 4. The second kappa shape index (κ2) is 14.9. The van der Waals surface area contributed by atoms with E-state index >= 15 is 0 Å². The van der Waals surface area contributed by atoms with Crippen LogP contribution in [0, 0.1) is 0 Å². The number of hydrogen-bond donors (Lipinski definition) is 0. The van der Waals surface area contributed by atoms with Crippen molar-refractivity contribution < 1.29 is 0 Å². The Bertz CT molecular complexity index is 3070. The highest BCUT2D eigenvalue weighted by Gasteiger charge is 2.17. The van der Waals surface area contributed by atoms with Gasteiger partial charge in [-0.25, -0.2) is 15.0 Å². The molecule has 0 aliphatic heterocycles. The van der Waals surface area contributed by atoms with E-state index in [9.17, 15) is 0 Å². The fourth-order valence-electron chi connectivity index (χ4n) is 8.07. The summed E-state index contributed by atoms with van der Waals surface area (Å²) in [6.07, 6.45) is 0. The molecule has 0 amide bonds. The topological polar surface area (TPSA) is 43.6 Å². The van der Waals surface area contributed by atoms with Crippen LogP contribution in [0.4, 0.5) is 0 Å². The summed E-state index contributed by atoms with van der Waals surface area (Å²) in [4.78, 5) is 15.2. The van der Waals surface area contributed by atoms with E-state index in [1.54, 1.807) is 0 Å². The Morgan fingerprint density at radius 2 is 0.695 bits per heavy atom. The Labute approximate surface area is 346 Å². The third-order valence-electron chi connectivity index (χ3n) is 11.2. The van der Waals surface area contributed by atoms with E-state index in [1.807, 2.05) is 30.3 Å². The standard InChI is InChI=1S/C54H42N4Si/c1-59(2,3)47-32-28-37(29-33-47)40-16-11-17-41(34-40)42-18-12-19-43(35-42)44-20-13-21-45(36-44)54-56-52(38-14-5-4-6-15-38)55-53(57-54)39-26-30-46(31-27-39)58-50-24-9-7-22-48(50)49-23-8-10-25-51(49)58/h4-36H,1-3H3. The monoisotopic (exact) mass is 774 g/mol. The Morgan fingerprint density at radius 1 is 0.322 bits per heavy atom. The molecule has 0 radical (unpaired) electrons. The van der Waals surface area contributed by atoms with Crippen LogP contribution in [0.15, 0.2) is 200 Å². The van der Waals surface area contributed by atoms with E-state index in [4.69, 9.17) is 15.0 Å². The molecule has 4 nitrogen and oxygen atoms in total. The molecular weight excluding hydrogens is 733 g/mol. The van der Waals surface area contributed by atoms with Crippen molar-refractivity contribution in [2.45, 2.75) is 19.6 Å². The minimum absolute atomic E-state index is 0.630. The first-order valence-corrected chi connectivity index (χ1v) is 23.7. The second-order valence-electron chi connectivity index (χ2n) is 16.2. The summed E-state index contributed by atoms with van der Waals surface area (Å²) >= 11 is 0. The zero-order valence-corrected chi connectivity index (χ0v) is 34.3. The molecule has 0 bridgehead atoms. The van der Waals surface area contributed by atoms with Crippen molar-refractivity contribution in [2.24, 2.45) is 0 Å². The van der Waals surface area contributed by atoms with Crippen LogP contribution in [0.1, 0.15) is 0 Å². The molecule has 59 heavy (non-hydrogen) atoms. The maximum absolute atomic E-state index is 5.12. The van der Waals surface area contributed by atoms with Crippen LogP contribution in [0.25, 0.3) is 95.0 Å². The molecule has 0 aliphatic carbocycles. The summed E-state index contributed by atoms with van der Waals surface area (Å²) in [7, 11) is -1.36. The second-order valence-corrected chi connectivity index (χ2v) is 21.2. The minimum Gasteiger partial charge on any atom is -0.309 e. The first-order chi connectivity index (χ1) is 28.9. The van der Waals surface area contributed by atoms with Crippen molar-refractivity contribution in [2.75, 3.05) is 0 Å². The molecule has 5 heteroatoms. The summed E-state index contributed by atoms with van der Waals surface area (Å²) in [5, 5.41) is 3.95. The van der Waals surface area contributed by atoms with Crippen LogP contribution < -0.4 is 5.19 Å². The van der Waals surface area contributed by atoms with Gasteiger partial charge >= 0.3 is 0 Å². The summed E-state index contributed by atoms with van der Waals surface area (Å²) < 4.78 is 2.33. The zero-order chi connectivity index (χ0) is 39.9.